The lowest BCUT2D eigenvalue weighted by atomic mass is 10.1. The average molecular weight is 292 g/mol. The van der Waals surface area contributed by atoms with Gasteiger partial charge in [-0.1, -0.05) is 39.3 Å². The van der Waals surface area contributed by atoms with Crippen molar-refractivity contribution in [1.82, 2.24) is 10.2 Å². The van der Waals surface area contributed by atoms with E-state index < -0.39 is 0 Å². The standard InChI is InChI=1S/C17H25FN2O/c1-4-7-15-17(21)20(14(5-2)6-3)16(19-15)12-8-10-13(18)11-9-12/h8-11,14-16,19H,4-7H2,1-3H3. The largest absolute Gasteiger partial charge is 0.319 e. The molecule has 0 spiro atoms. The number of amides is 1. The lowest BCUT2D eigenvalue weighted by molar-refractivity contribution is -0.132. The van der Waals surface area contributed by atoms with Crippen LogP contribution in [0.1, 0.15) is 58.2 Å². The Morgan fingerprint density at radius 2 is 1.81 bits per heavy atom. The quantitative estimate of drug-likeness (QED) is 0.868. The van der Waals surface area contributed by atoms with E-state index in [1.54, 1.807) is 12.1 Å². The van der Waals surface area contributed by atoms with E-state index in [1.807, 2.05) is 4.90 Å². The van der Waals surface area contributed by atoms with Gasteiger partial charge >= 0.3 is 0 Å². The third-order valence-electron chi connectivity index (χ3n) is 4.29. The molecule has 1 saturated heterocycles. The maximum Gasteiger partial charge on any atom is 0.241 e. The van der Waals surface area contributed by atoms with Crippen LogP contribution >= 0.6 is 0 Å². The number of carbonyl (C=O) groups is 1. The number of hydrogen-bond acceptors (Lipinski definition) is 2. The van der Waals surface area contributed by atoms with Crippen molar-refractivity contribution >= 4 is 5.91 Å². The topological polar surface area (TPSA) is 32.3 Å². The minimum atomic E-state index is -0.248. The first-order chi connectivity index (χ1) is 10.1. The fourth-order valence-electron chi connectivity index (χ4n) is 3.12. The number of carbonyl (C=O) groups excluding carboxylic acids is 1. The highest BCUT2D eigenvalue weighted by molar-refractivity contribution is 5.84. The first kappa shape index (κ1) is 16.0. The van der Waals surface area contributed by atoms with Gasteiger partial charge in [0, 0.05) is 6.04 Å². The minimum absolute atomic E-state index is 0.120. The number of nitrogens with one attached hydrogen (secondary N) is 1. The van der Waals surface area contributed by atoms with E-state index in [1.165, 1.54) is 12.1 Å². The maximum absolute atomic E-state index is 13.1. The van der Waals surface area contributed by atoms with Crippen LogP contribution in [-0.2, 0) is 4.79 Å². The van der Waals surface area contributed by atoms with Crippen molar-refractivity contribution < 1.29 is 9.18 Å². The van der Waals surface area contributed by atoms with Crippen molar-refractivity contribution in [2.24, 2.45) is 0 Å². The summed E-state index contributed by atoms with van der Waals surface area (Å²) in [6.07, 6.45) is 3.53. The Morgan fingerprint density at radius 1 is 1.19 bits per heavy atom. The summed E-state index contributed by atoms with van der Waals surface area (Å²) in [4.78, 5) is 14.7. The molecule has 1 aliphatic heterocycles. The van der Waals surface area contributed by atoms with Gasteiger partial charge in [0.25, 0.3) is 0 Å². The molecule has 0 radical (unpaired) electrons. The molecule has 116 valence electrons. The van der Waals surface area contributed by atoms with Crippen LogP contribution in [0.15, 0.2) is 24.3 Å². The molecule has 1 aromatic carbocycles. The average Bonchev–Trinajstić information content (AvgIpc) is 2.80. The van der Waals surface area contributed by atoms with Gasteiger partial charge in [-0.3, -0.25) is 10.1 Å². The third-order valence-corrected chi connectivity index (χ3v) is 4.29. The predicted octanol–water partition coefficient (Wildman–Crippen LogP) is 3.61. The molecule has 4 heteroatoms. The van der Waals surface area contributed by atoms with E-state index >= 15 is 0 Å². The Labute approximate surface area is 126 Å². The molecule has 3 nitrogen and oxygen atoms in total. The summed E-state index contributed by atoms with van der Waals surface area (Å²) < 4.78 is 13.1. The van der Waals surface area contributed by atoms with E-state index in [0.717, 1.165) is 31.2 Å². The van der Waals surface area contributed by atoms with Gasteiger partial charge in [-0.15, -0.1) is 0 Å². The zero-order chi connectivity index (χ0) is 15.4. The highest BCUT2D eigenvalue weighted by atomic mass is 19.1. The zero-order valence-electron chi connectivity index (χ0n) is 13.1. The Kier molecular flexibility index (Phi) is 5.34. The Hall–Kier alpha value is -1.42. The molecular weight excluding hydrogens is 267 g/mol. The molecule has 1 aromatic rings. The monoisotopic (exact) mass is 292 g/mol. The van der Waals surface area contributed by atoms with Crippen molar-refractivity contribution in [3.63, 3.8) is 0 Å². The normalized spacial score (nSPS) is 22.3. The lowest BCUT2D eigenvalue weighted by Crippen LogP contribution is -2.39. The molecule has 1 amide bonds. The molecule has 1 fully saturated rings. The number of benzene rings is 1. The van der Waals surface area contributed by atoms with Crippen LogP contribution in [0.5, 0.6) is 0 Å². The van der Waals surface area contributed by atoms with Gasteiger partial charge in [0.15, 0.2) is 0 Å². The fraction of sp³-hybridized carbons (Fsp3) is 0.588. The highest BCUT2D eigenvalue weighted by Gasteiger charge is 2.41. The number of hydrogen-bond donors (Lipinski definition) is 1. The second-order valence-corrected chi connectivity index (χ2v) is 5.68. The van der Waals surface area contributed by atoms with Gasteiger partial charge in [-0.25, -0.2) is 4.39 Å². The molecule has 1 N–H and O–H groups in total. The van der Waals surface area contributed by atoms with Crippen molar-refractivity contribution in [2.75, 3.05) is 0 Å². The fourth-order valence-corrected chi connectivity index (χ4v) is 3.12. The molecule has 2 rings (SSSR count). The van der Waals surface area contributed by atoms with Crippen molar-refractivity contribution in [2.45, 2.75) is 64.7 Å². The van der Waals surface area contributed by atoms with Crippen molar-refractivity contribution in [3.05, 3.63) is 35.6 Å². The summed E-state index contributed by atoms with van der Waals surface area (Å²) in [5.74, 6) is -0.0675. The van der Waals surface area contributed by atoms with Gasteiger partial charge < -0.3 is 4.90 Å². The molecule has 2 unspecified atom stereocenters. The third kappa shape index (κ3) is 3.26. The van der Waals surface area contributed by atoms with E-state index in [2.05, 4.69) is 26.1 Å². The lowest BCUT2D eigenvalue weighted by Gasteiger charge is -2.31. The van der Waals surface area contributed by atoms with Gasteiger partial charge in [0.2, 0.25) is 5.91 Å². The van der Waals surface area contributed by atoms with Gasteiger partial charge in [0.05, 0.1) is 6.04 Å². The summed E-state index contributed by atoms with van der Waals surface area (Å²) in [5, 5.41) is 3.43. The van der Waals surface area contributed by atoms with Crippen LogP contribution in [-0.4, -0.2) is 22.9 Å². The molecule has 1 heterocycles. The first-order valence-corrected chi connectivity index (χ1v) is 7.96. The smallest absolute Gasteiger partial charge is 0.241 e. The predicted molar refractivity (Wildman–Crippen MR) is 82.2 cm³/mol. The number of rotatable bonds is 6. The molecule has 2 atom stereocenters. The van der Waals surface area contributed by atoms with Gasteiger partial charge in [-0.2, -0.15) is 0 Å². The summed E-state index contributed by atoms with van der Waals surface area (Å²) in [7, 11) is 0. The second kappa shape index (κ2) is 7.03. The molecule has 0 aromatic heterocycles. The molecular formula is C17H25FN2O. The maximum atomic E-state index is 13.1. The Balaban J connectivity index is 2.31. The van der Waals surface area contributed by atoms with Crippen molar-refractivity contribution in [1.29, 1.82) is 0 Å². The van der Waals surface area contributed by atoms with Gasteiger partial charge in [0.1, 0.15) is 12.0 Å². The van der Waals surface area contributed by atoms with Crippen LogP contribution in [0.25, 0.3) is 0 Å². The molecule has 0 aliphatic carbocycles. The Morgan fingerprint density at radius 3 is 2.33 bits per heavy atom. The summed E-state index contributed by atoms with van der Waals surface area (Å²) in [5.41, 5.74) is 0.954. The summed E-state index contributed by atoms with van der Waals surface area (Å²) in [6, 6.07) is 6.56. The Bertz CT molecular complexity index is 470. The van der Waals surface area contributed by atoms with E-state index in [9.17, 15) is 9.18 Å². The molecule has 0 saturated carbocycles. The number of halogens is 1. The van der Waals surface area contributed by atoms with Crippen LogP contribution in [0, 0.1) is 5.82 Å². The minimum Gasteiger partial charge on any atom is -0.319 e. The van der Waals surface area contributed by atoms with Crippen LogP contribution < -0.4 is 5.32 Å². The zero-order valence-corrected chi connectivity index (χ0v) is 13.1. The van der Waals surface area contributed by atoms with E-state index in [-0.39, 0.29) is 30.0 Å². The van der Waals surface area contributed by atoms with Crippen LogP contribution in [0.4, 0.5) is 4.39 Å². The van der Waals surface area contributed by atoms with Gasteiger partial charge in [-0.05, 0) is 37.0 Å². The summed E-state index contributed by atoms with van der Waals surface area (Å²) in [6.45, 7) is 6.30. The molecule has 1 aliphatic rings. The molecule has 0 bridgehead atoms. The SMILES string of the molecule is CCCC1NC(c2ccc(F)cc2)N(C(CC)CC)C1=O. The number of nitrogens with zero attached hydrogens (tertiary/aromatic N) is 1. The van der Waals surface area contributed by atoms with Crippen LogP contribution in [0.3, 0.4) is 0 Å². The first-order valence-electron chi connectivity index (χ1n) is 7.96. The highest BCUT2D eigenvalue weighted by Crippen LogP contribution is 2.31. The molecule has 21 heavy (non-hydrogen) atoms. The van der Waals surface area contributed by atoms with E-state index in [0.29, 0.717) is 0 Å². The van der Waals surface area contributed by atoms with E-state index in [4.69, 9.17) is 0 Å². The summed E-state index contributed by atoms with van der Waals surface area (Å²) >= 11 is 0. The second-order valence-electron chi connectivity index (χ2n) is 5.68. The van der Waals surface area contributed by atoms with Crippen molar-refractivity contribution in [3.8, 4) is 0 Å². The van der Waals surface area contributed by atoms with Crippen LogP contribution in [0.2, 0.25) is 0 Å².